The van der Waals surface area contributed by atoms with Crippen molar-refractivity contribution in [1.82, 2.24) is 0 Å². The fraction of sp³-hybridized carbons (Fsp3) is 0.900. The summed E-state index contributed by atoms with van der Waals surface area (Å²) in [6.07, 6.45) is 2.12. The molecule has 0 aromatic heterocycles. The third kappa shape index (κ3) is 5.64. The second kappa shape index (κ2) is 6.89. The molecule has 0 N–H and O–H groups in total. The Morgan fingerprint density at radius 3 is 2.15 bits per heavy atom. The first-order chi connectivity index (χ1) is 6.11. The smallest absolute Gasteiger partial charge is 0.310 e. The zero-order chi connectivity index (χ0) is 10.3. The standard InChI is InChI=1S/C10H20O3/c1-5-9(6-2)12-7-13-10(11)8(3)4/h8-9H,5-7H2,1-4H3. The average molecular weight is 188 g/mol. The molecule has 0 aliphatic rings. The van der Waals surface area contributed by atoms with Crippen molar-refractivity contribution in [3.63, 3.8) is 0 Å². The third-order valence-electron chi connectivity index (χ3n) is 1.89. The van der Waals surface area contributed by atoms with Gasteiger partial charge in [-0.2, -0.15) is 0 Å². The Balaban J connectivity index is 3.49. The molecule has 0 unspecified atom stereocenters. The summed E-state index contributed by atoms with van der Waals surface area (Å²) in [5.74, 6) is -0.281. The van der Waals surface area contributed by atoms with Crippen molar-refractivity contribution in [2.45, 2.75) is 46.6 Å². The van der Waals surface area contributed by atoms with Crippen molar-refractivity contribution in [2.75, 3.05) is 6.79 Å². The van der Waals surface area contributed by atoms with Gasteiger partial charge in [-0.05, 0) is 12.8 Å². The molecule has 0 amide bonds. The molecule has 13 heavy (non-hydrogen) atoms. The SMILES string of the molecule is CCC(CC)OCOC(=O)C(C)C. The average Bonchev–Trinajstić information content (AvgIpc) is 2.12. The lowest BCUT2D eigenvalue weighted by atomic mass is 10.2. The molecule has 0 fully saturated rings. The van der Waals surface area contributed by atoms with Gasteiger partial charge >= 0.3 is 5.97 Å². The largest absolute Gasteiger partial charge is 0.438 e. The van der Waals surface area contributed by atoms with Crippen molar-refractivity contribution in [1.29, 1.82) is 0 Å². The van der Waals surface area contributed by atoms with Gasteiger partial charge in [0, 0.05) is 0 Å². The van der Waals surface area contributed by atoms with Crippen molar-refractivity contribution in [3.05, 3.63) is 0 Å². The van der Waals surface area contributed by atoms with Crippen LogP contribution < -0.4 is 0 Å². The Kier molecular flexibility index (Phi) is 6.59. The minimum Gasteiger partial charge on any atom is -0.438 e. The Morgan fingerprint density at radius 2 is 1.77 bits per heavy atom. The van der Waals surface area contributed by atoms with Crippen LogP contribution in [0, 0.1) is 5.92 Å². The molecule has 0 spiro atoms. The molecule has 0 saturated carbocycles. The highest BCUT2D eigenvalue weighted by molar-refractivity contribution is 5.71. The van der Waals surface area contributed by atoms with Crippen LogP contribution >= 0.6 is 0 Å². The molecule has 0 bridgehead atoms. The summed E-state index contributed by atoms with van der Waals surface area (Å²) in [4.78, 5) is 11.0. The first-order valence-electron chi connectivity index (χ1n) is 4.90. The van der Waals surface area contributed by atoms with Crippen LogP contribution in [0.5, 0.6) is 0 Å². The zero-order valence-electron chi connectivity index (χ0n) is 9.00. The second-order valence-electron chi connectivity index (χ2n) is 3.34. The molecular formula is C10H20O3. The van der Waals surface area contributed by atoms with Gasteiger partial charge < -0.3 is 9.47 Å². The van der Waals surface area contributed by atoms with Gasteiger partial charge in [-0.3, -0.25) is 4.79 Å². The molecule has 0 rings (SSSR count). The third-order valence-corrected chi connectivity index (χ3v) is 1.89. The van der Waals surface area contributed by atoms with Crippen LogP contribution in [0.3, 0.4) is 0 Å². The van der Waals surface area contributed by atoms with Crippen molar-refractivity contribution >= 4 is 5.97 Å². The monoisotopic (exact) mass is 188 g/mol. The molecule has 78 valence electrons. The Labute approximate surface area is 80.4 Å². The first kappa shape index (κ1) is 12.4. The molecule has 0 heterocycles. The second-order valence-corrected chi connectivity index (χ2v) is 3.34. The molecule has 3 nitrogen and oxygen atoms in total. The van der Waals surface area contributed by atoms with Crippen LogP contribution in [-0.2, 0) is 14.3 Å². The normalized spacial score (nSPS) is 10.9. The van der Waals surface area contributed by atoms with E-state index in [0.29, 0.717) is 0 Å². The summed E-state index contributed by atoms with van der Waals surface area (Å²) in [6, 6.07) is 0. The number of ether oxygens (including phenoxy) is 2. The number of carbonyl (C=O) groups excluding carboxylic acids is 1. The quantitative estimate of drug-likeness (QED) is 0.474. The maximum absolute atomic E-state index is 11.0. The van der Waals surface area contributed by atoms with Crippen LogP contribution in [0.2, 0.25) is 0 Å². The van der Waals surface area contributed by atoms with Crippen molar-refractivity contribution in [2.24, 2.45) is 5.92 Å². The Hall–Kier alpha value is -0.570. The van der Waals surface area contributed by atoms with E-state index in [4.69, 9.17) is 9.47 Å². The molecule has 0 radical (unpaired) electrons. The topological polar surface area (TPSA) is 35.5 Å². The summed E-state index contributed by atoms with van der Waals surface area (Å²) in [5, 5.41) is 0. The predicted molar refractivity (Wildman–Crippen MR) is 51.3 cm³/mol. The van der Waals surface area contributed by atoms with E-state index >= 15 is 0 Å². The van der Waals surface area contributed by atoms with Gasteiger partial charge in [0.15, 0.2) is 6.79 Å². The highest BCUT2D eigenvalue weighted by Gasteiger charge is 2.09. The first-order valence-corrected chi connectivity index (χ1v) is 4.90. The highest BCUT2D eigenvalue weighted by atomic mass is 16.7. The highest BCUT2D eigenvalue weighted by Crippen LogP contribution is 2.03. The van der Waals surface area contributed by atoms with Gasteiger partial charge in [-0.25, -0.2) is 0 Å². The summed E-state index contributed by atoms with van der Waals surface area (Å²) < 4.78 is 10.2. The lowest BCUT2D eigenvalue weighted by Crippen LogP contribution is -2.18. The maximum atomic E-state index is 11.0. The van der Waals surface area contributed by atoms with E-state index in [9.17, 15) is 4.79 Å². The van der Waals surface area contributed by atoms with E-state index < -0.39 is 0 Å². The molecule has 0 saturated heterocycles. The van der Waals surface area contributed by atoms with Gasteiger partial charge in [0.05, 0.1) is 12.0 Å². The van der Waals surface area contributed by atoms with E-state index in [1.807, 2.05) is 0 Å². The Morgan fingerprint density at radius 1 is 1.23 bits per heavy atom. The fourth-order valence-electron chi connectivity index (χ4n) is 0.879. The number of rotatable bonds is 6. The summed E-state index contributed by atoms with van der Waals surface area (Å²) in [7, 11) is 0. The predicted octanol–water partition coefficient (Wildman–Crippen LogP) is 2.35. The van der Waals surface area contributed by atoms with Crippen molar-refractivity contribution < 1.29 is 14.3 Å². The number of esters is 1. The zero-order valence-corrected chi connectivity index (χ0v) is 9.00. The summed E-state index contributed by atoms with van der Waals surface area (Å²) in [5.41, 5.74) is 0. The maximum Gasteiger partial charge on any atom is 0.310 e. The number of carbonyl (C=O) groups is 1. The van der Waals surface area contributed by atoms with Gasteiger partial charge in [0.2, 0.25) is 0 Å². The van der Waals surface area contributed by atoms with Crippen molar-refractivity contribution in [3.8, 4) is 0 Å². The van der Waals surface area contributed by atoms with E-state index in [2.05, 4.69) is 13.8 Å². The van der Waals surface area contributed by atoms with E-state index in [-0.39, 0.29) is 24.8 Å². The van der Waals surface area contributed by atoms with Gasteiger partial charge in [0.25, 0.3) is 0 Å². The lowest BCUT2D eigenvalue weighted by Gasteiger charge is -2.14. The number of hydrogen-bond acceptors (Lipinski definition) is 3. The minimum absolute atomic E-state index is 0.0784. The van der Waals surface area contributed by atoms with Gasteiger partial charge in [-0.15, -0.1) is 0 Å². The lowest BCUT2D eigenvalue weighted by molar-refractivity contribution is -0.164. The fourth-order valence-corrected chi connectivity index (χ4v) is 0.879. The van der Waals surface area contributed by atoms with Crippen LogP contribution in [0.15, 0.2) is 0 Å². The number of hydrogen-bond donors (Lipinski definition) is 0. The molecule has 0 aromatic carbocycles. The van der Waals surface area contributed by atoms with E-state index in [1.165, 1.54) is 0 Å². The van der Waals surface area contributed by atoms with Crippen LogP contribution in [0.4, 0.5) is 0 Å². The molecule has 0 atom stereocenters. The van der Waals surface area contributed by atoms with Crippen LogP contribution in [-0.4, -0.2) is 18.9 Å². The summed E-state index contributed by atoms with van der Waals surface area (Å²) in [6.45, 7) is 7.80. The van der Waals surface area contributed by atoms with E-state index in [1.54, 1.807) is 13.8 Å². The summed E-state index contributed by atoms with van der Waals surface area (Å²) >= 11 is 0. The van der Waals surface area contributed by atoms with Gasteiger partial charge in [0.1, 0.15) is 0 Å². The molecule has 0 aliphatic carbocycles. The molecule has 3 heteroatoms. The minimum atomic E-state index is -0.203. The molecule has 0 aromatic rings. The van der Waals surface area contributed by atoms with Crippen LogP contribution in [0.1, 0.15) is 40.5 Å². The van der Waals surface area contributed by atoms with Gasteiger partial charge in [-0.1, -0.05) is 27.7 Å². The Bertz CT molecular complexity index is 139. The molecular weight excluding hydrogens is 168 g/mol. The van der Waals surface area contributed by atoms with Crippen LogP contribution in [0.25, 0.3) is 0 Å². The van der Waals surface area contributed by atoms with E-state index in [0.717, 1.165) is 12.8 Å². The molecule has 0 aliphatic heterocycles.